The van der Waals surface area contributed by atoms with Crippen LogP contribution in [0.5, 0.6) is 0 Å². The van der Waals surface area contributed by atoms with E-state index >= 15 is 0 Å². The summed E-state index contributed by atoms with van der Waals surface area (Å²) < 4.78 is 0. The van der Waals surface area contributed by atoms with E-state index in [4.69, 9.17) is 11.6 Å². The molecular formula is C16H17ClN2O2S. The molecule has 0 aliphatic heterocycles. The van der Waals surface area contributed by atoms with Gasteiger partial charge in [0, 0.05) is 20.5 Å². The van der Waals surface area contributed by atoms with Crippen molar-refractivity contribution in [1.82, 2.24) is 5.32 Å². The molecule has 2 rings (SSSR count). The molecule has 0 atom stereocenters. The van der Waals surface area contributed by atoms with Gasteiger partial charge in [0.15, 0.2) is 0 Å². The van der Waals surface area contributed by atoms with Crippen molar-refractivity contribution in [2.24, 2.45) is 0 Å². The van der Waals surface area contributed by atoms with E-state index in [-0.39, 0.29) is 0 Å². The highest BCUT2D eigenvalue weighted by atomic mass is 35.5. The van der Waals surface area contributed by atoms with Crippen LogP contribution in [0.25, 0.3) is 0 Å². The first-order valence-electron chi connectivity index (χ1n) is 6.92. The standard InChI is InChI=1S/C16H17ClN2O2S/c1-3-12-6-7-13(22-12)9-18-15(20)16(21)19-14-8-11(17)5-4-10(14)2/h4-8H,3,9H2,1-2H3,(H,18,20)(H,19,21). The summed E-state index contributed by atoms with van der Waals surface area (Å²) in [4.78, 5) is 26.0. The minimum Gasteiger partial charge on any atom is -0.343 e. The lowest BCUT2D eigenvalue weighted by Crippen LogP contribution is -2.34. The summed E-state index contributed by atoms with van der Waals surface area (Å²) >= 11 is 7.52. The van der Waals surface area contributed by atoms with Crippen LogP contribution in [0.4, 0.5) is 5.69 Å². The number of aryl methyl sites for hydroxylation is 2. The smallest absolute Gasteiger partial charge is 0.313 e. The number of halogens is 1. The maximum absolute atomic E-state index is 11.9. The van der Waals surface area contributed by atoms with E-state index in [1.54, 1.807) is 29.5 Å². The van der Waals surface area contributed by atoms with Gasteiger partial charge in [-0.3, -0.25) is 9.59 Å². The molecule has 1 aromatic carbocycles. The van der Waals surface area contributed by atoms with Crippen molar-refractivity contribution in [2.45, 2.75) is 26.8 Å². The number of hydrogen-bond donors (Lipinski definition) is 2. The second kappa shape index (κ2) is 7.42. The predicted molar refractivity (Wildman–Crippen MR) is 90.4 cm³/mol. The fraction of sp³-hybridized carbons (Fsp3) is 0.250. The van der Waals surface area contributed by atoms with Crippen LogP contribution >= 0.6 is 22.9 Å². The SMILES string of the molecule is CCc1ccc(CNC(=O)C(=O)Nc2cc(Cl)ccc2C)s1. The van der Waals surface area contributed by atoms with Gasteiger partial charge in [-0.15, -0.1) is 11.3 Å². The van der Waals surface area contributed by atoms with Crippen molar-refractivity contribution in [2.75, 3.05) is 5.32 Å². The van der Waals surface area contributed by atoms with Crippen molar-refractivity contribution in [3.8, 4) is 0 Å². The summed E-state index contributed by atoms with van der Waals surface area (Å²) in [6.45, 7) is 4.27. The van der Waals surface area contributed by atoms with Crippen LogP contribution in [0.2, 0.25) is 5.02 Å². The number of anilines is 1. The van der Waals surface area contributed by atoms with E-state index in [1.807, 2.05) is 19.1 Å². The fourth-order valence-electron chi connectivity index (χ4n) is 1.86. The topological polar surface area (TPSA) is 58.2 Å². The summed E-state index contributed by atoms with van der Waals surface area (Å²) in [5, 5.41) is 5.69. The predicted octanol–water partition coefficient (Wildman–Crippen LogP) is 3.53. The van der Waals surface area contributed by atoms with Crippen molar-refractivity contribution in [1.29, 1.82) is 0 Å². The second-order valence-electron chi connectivity index (χ2n) is 4.82. The number of hydrogen-bond acceptors (Lipinski definition) is 3. The molecule has 0 radical (unpaired) electrons. The molecule has 0 saturated carbocycles. The van der Waals surface area contributed by atoms with Crippen LogP contribution in [0.15, 0.2) is 30.3 Å². The van der Waals surface area contributed by atoms with Gasteiger partial charge in [-0.1, -0.05) is 24.6 Å². The third-order valence-electron chi connectivity index (χ3n) is 3.14. The Kier molecular flexibility index (Phi) is 5.57. The van der Waals surface area contributed by atoms with Crippen molar-refractivity contribution in [3.05, 3.63) is 50.7 Å². The highest BCUT2D eigenvalue weighted by molar-refractivity contribution is 7.11. The first kappa shape index (κ1) is 16.5. The zero-order valence-corrected chi connectivity index (χ0v) is 14.0. The molecule has 2 amide bonds. The van der Waals surface area contributed by atoms with E-state index in [0.29, 0.717) is 17.3 Å². The molecule has 0 aliphatic rings. The molecule has 0 aliphatic carbocycles. The number of nitrogens with one attached hydrogen (secondary N) is 2. The van der Waals surface area contributed by atoms with Gasteiger partial charge in [-0.2, -0.15) is 0 Å². The molecule has 1 aromatic heterocycles. The highest BCUT2D eigenvalue weighted by Gasteiger charge is 2.15. The molecule has 2 aromatic rings. The molecule has 0 unspecified atom stereocenters. The second-order valence-corrected chi connectivity index (χ2v) is 6.51. The van der Waals surface area contributed by atoms with Gasteiger partial charge in [-0.05, 0) is 43.2 Å². The molecule has 0 saturated heterocycles. The first-order valence-corrected chi connectivity index (χ1v) is 8.12. The minimum atomic E-state index is -0.697. The molecule has 0 spiro atoms. The van der Waals surface area contributed by atoms with Crippen molar-refractivity contribution in [3.63, 3.8) is 0 Å². The van der Waals surface area contributed by atoms with Crippen LogP contribution < -0.4 is 10.6 Å². The molecule has 116 valence electrons. The van der Waals surface area contributed by atoms with Crippen LogP contribution in [0.1, 0.15) is 22.2 Å². The number of thiophene rings is 1. The Morgan fingerprint density at radius 3 is 2.55 bits per heavy atom. The van der Waals surface area contributed by atoms with Crippen LogP contribution in [-0.4, -0.2) is 11.8 Å². The van der Waals surface area contributed by atoms with E-state index < -0.39 is 11.8 Å². The van der Waals surface area contributed by atoms with Gasteiger partial charge in [0.2, 0.25) is 0 Å². The summed E-state index contributed by atoms with van der Waals surface area (Å²) in [6, 6.07) is 9.13. The van der Waals surface area contributed by atoms with Gasteiger partial charge >= 0.3 is 11.8 Å². The molecular weight excluding hydrogens is 320 g/mol. The maximum atomic E-state index is 11.9. The fourth-order valence-corrected chi connectivity index (χ4v) is 2.93. The molecule has 4 nitrogen and oxygen atoms in total. The van der Waals surface area contributed by atoms with Crippen LogP contribution in [-0.2, 0) is 22.6 Å². The average Bonchev–Trinajstić information content (AvgIpc) is 2.96. The number of amides is 2. The van der Waals surface area contributed by atoms with E-state index in [2.05, 4.69) is 17.6 Å². The summed E-state index contributed by atoms with van der Waals surface area (Å²) in [7, 11) is 0. The maximum Gasteiger partial charge on any atom is 0.313 e. The zero-order chi connectivity index (χ0) is 16.1. The monoisotopic (exact) mass is 336 g/mol. The first-order chi connectivity index (χ1) is 10.5. The molecule has 22 heavy (non-hydrogen) atoms. The number of carbonyl (C=O) groups excluding carboxylic acids is 2. The minimum absolute atomic E-state index is 0.353. The van der Waals surface area contributed by atoms with Gasteiger partial charge in [0.05, 0.1) is 6.54 Å². The lowest BCUT2D eigenvalue weighted by Gasteiger charge is -2.08. The molecule has 0 bridgehead atoms. The van der Waals surface area contributed by atoms with E-state index in [1.165, 1.54) is 4.88 Å². The Labute approximate surface area is 138 Å². The van der Waals surface area contributed by atoms with Crippen LogP contribution in [0, 0.1) is 6.92 Å². The van der Waals surface area contributed by atoms with Gasteiger partial charge < -0.3 is 10.6 Å². The molecule has 0 fully saturated rings. The van der Waals surface area contributed by atoms with E-state index in [0.717, 1.165) is 16.9 Å². The van der Waals surface area contributed by atoms with E-state index in [9.17, 15) is 9.59 Å². The number of rotatable bonds is 4. The summed E-state index contributed by atoms with van der Waals surface area (Å²) in [5.74, 6) is -1.36. The van der Waals surface area contributed by atoms with Crippen molar-refractivity contribution < 1.29 is 9.59 Å². The Morgan fingerprint density at radius 1 is 1.14 bits per heavy atom. The number of carbonyl (C=O) groups is 2. The lowest BCUT2D eigenvalue weighted by atomic mass is 10.2. The Bertz CT molecular complexity index is 697. The Hall–Kier alpha value is -1.85. The number of benzene rings is 1. The van der Waals surface area contributed by atoms with Crippen molar-refractivity contribution >= 4 is 40.4 Å². The Balaban J connectivity index is 1.91. The third-order valence-corrected chi connectivity index (χ3v) is 4.61. The van der Waals surface area contributed by atoms with Gasteiger partial charge in [-0.25, -0.2) is 0 Å². The molecule has 1 heterocycles. The largest absolute Gasteiger partial charge is 0.343 e. The zero-order valence-electron chi connectivity index (χ0n) is 12.4. The Morgan fingerprint density at radius 2 is 1.86 bits per heavy atom. The summed E-state index contributed by atoms with van der Waals surface area (Å²) in [6.07, 6.45) is 0.965. The normalized spacial score (nSPS) is 10.3. The third kappa shape index (κ3) is 4.32. The quantitative estimate of drug-likeness (QED) is 0.839. The van der Waals surface area contributed by atoms with Gasteiger partial charge in [0.1, 0.15) is 0 Å². The van der Waals surface area contributed by atoms with Gasteiger partial charge in [0.25, 0.3) is 0 Å². The average molecular weight is 337 g/mol. The summed E-state index contributed by atoms with van der Waals surface area (Å²) in [5.41, 5.74) is 1.38. The van der Waals surface area contributed by atoms with Crippen LogP contribution in [0.3, 0.4) is 0 Å². The highest BCUT2D eigenvalue weighted by Crippen LogP contribution is 2.20. The lowest BCUT2D eigenvalue weighted by molar-refractivity contribution is -0.136. The molecule has 2 N–H and O–H groups in total. The molecule has 6 heteroatoms.